The van der Waals surface area contributed by atoms with E-state index in [1.807, 2.05) is 0 Å². The molecule has 0 unspecified atom stereocenters. The van der Waals surface area contributed by atoms with Gasteiger partial charge in [0.1, 0.15) is 12.2 Å². The number of hydrogen-bond donors (Lipinski definition) is 1. The van der Waals surface area contributed by atoms with Crippen molar-refractivity contribution in [2.75, 3.05) is 33.5 Å². The van der Waals surface area contributed by atoms with E-state index in [0.717, 1.165) is 6.42 Å². The van der Waals surface area contributed by atoms with Gasteiger partial charge in [0, 0.05) is 27.4 Å². The molecule has 1 aromatic heterocycles. The van der Waals surface area contributed by atoms with Crippen molar-refractivity contribution in [3.63, 3.8) is 0 Å². The zero-order valence-electron chi connectivity index (χ0n) is 11.5. The fraction of sp³-hybridized carbons (Fsp3) is 0.667. The van der Waals surface area contributed by atoms with Crippen LogP contribution in [-0.4, -0.2) is 54.4 Å². The summed E-state index contributed by atoms with van der Waals surface area (Å²) in [7, 11) is 3.29. The molecule has 19 heavy (non-hydrogen) atoms. The van der Waals surface area contributed by atoms with E-state index in [2.05, 4.69) is 5.10 Å². The van der Waals surface area contributed by atoms with Gasteiger partial charge in [-0.1, -0.05) is 0 Å². The second-order valence-corrected chi connectivity index (χ2v) is 4.00. The molecule has 7 nitrogen and oxygen atoms in total. The molecule has 1 rings (SSSR count). The summed E-state index contributed by atoms with van der Waals surface area (Å²) in [6.45, 7) is 3.56. The first-order valence-electron chi connectivity index (χ1n) is 6.04. The predicted octanol–water partition coefficient (Wildman–Crippen LogP) is 0.859. The number of aromatic carboxylic acids is 1. The third-order valence-corrected chi connectivity index (χ3v) is 2.49. The summed E-state index contributed by atoms with van der Waals surface area (Å²) in [6.07, 6.45) is 0.821. The Hall–Kier alpha value is -1.60. The lowest BCUT2D eigenvalue weighted by molar-refractivity contribution is 0.0671. The lowest BCUT2D eigenvalue weighted by atomic mass is 10.2. The van der Waals surface area contributed by atoms with Crippen LogP contribution in [0, 0.1) is 6.92 Å². The lowest BCUT2D eigenvalue weighted by Crippen LogP contribution is -2.12. The highest BCUT2D eigenvalue weighted by atomic mass is 16.5. The minimum absolute atomic E-state index is 0.0990. The van der Waals surface area contributed by atoms with Crippen LogP contribution in [0.1, 0.15) is 22.5 Å². The van der Waals surface area contributed by atoms with Gasteiger partial charge in [-0.25, -0.2) is 9.48 Å². The van der Waals surface area contributed by atoms with Crippen LogP contribution in [0.15, 0.2) is 0 Å². The van der Waals surface area contributed by atoms with E-state index < -0.39 is 5.97 Å². The van der Waals surface area contributed by atoms with Crippen LogP contribution in [0.25, 0.3) is 0 Å². The topological polar surface area (TPSA) is 82.8 Å². The van der Waals surface area contributed by atoms with Crippen molar-refractivity contribution < 1.29 is 24.1 Å². The first-order valence-corrected chi connectivity index (χ1v) is 6.04. The molecule has 0 saturated heterocycles. The van der Waals surface area contributed by atoms with Crippen molar-refractivity contribution in [1.29, 1.82) is 0 Å². The molecule has 0 radical (unpaired) electrons. The largest absolute Gasteiger partial charge is 0.477 e. The molecule has 0 aliphatic carbocycles. The standard InChI is InChI=1S/C12H20N2O5/c1-9-10(12(15)16)11(14(2)13-9)19-8-7-18-6-4-5-17-3/h4-8H2,1-3H3,(H,15,16). The maximum absolute atomic E-state index is 11.1. The third-order valence-electron chi connectivity index (χ3n) is 2.49. The Balaban J connectivity index is 2.39. The average Bonchev–Trinajstić information content (AvgIpc) is 2.63. The Kier molecular flexibility index (Phi) is 6.31. The summed E-state index contributed by atoms with van der Waals surface area (Å²) in [6, 6.07) is 0. The number of hydrogen-bond acceptors (Lipinski definition) is 5. The number of aryl methyl sites for hydroxylation is 2. The average molecular weight is 272 g/mol. The highest BCUT2D eigenvalue weighted by Gasteiger charge is 2.20. The zero-order valence-corrected chi connectivity index (χ0v) is 11.5. The van der Waals surface area contributed by atoms with Crippen molar-refractivity contribution in [2.24, 2.45) is 7.05 Å². The molecular formula is C12H20N2O5. The van der Waals surface area contributed by atoms with Crippen LogP contribution < -0.4 is 4.74 Å². The smallest absolute Gasteiger partial charge is 0.343 e. The van der Waals surface area contributed by atoms with E-state index in [-0.39, 0.29) is 18.1 Å². The van der Waals surface area contributed by atoms with E-state index in [4.69, 9.17) is 19.3 Å². The minimum atomic E-state index is -1.04. The van der Waals surface area contributed by atoms with Crippen LogP contribution in [0.2, 0.25) is 0 Å². The number of carbonyl (C=O) groups is 1. The molecule has 0 spiro atoms. The van der Waals surface area contributed by atoms with Gasteiger partial charge < -0.3 is 19.3 Å². The van der Waals surface area contributed by atoms with Gasteiger partial charge in [-0.05, 0) is 13.3 Å². The number of aromatic nitrogens is 2. The van der Waals surface area contributed by atoms with Crippen LogP contribution in [0.5, 0.6) is 5.88 Å². The lowest BCUT2D eigenvalue weighted by Gasteiger charge is -2.08. The van der Waals surface area contributed by atoms with E-state index in [0.29, 0.717) is 25.5 Å². The van der Waals surface area contributed by atoms with Gasteiger partial charge in [-0.3, -0.25) is 0 Å². The Morgan fingerprint density at radius 3 is 2.68 bits per heavy atom. The molecule has 0 saturated carbocycles. The van der Waals surface area contributed by atoms with Gasteiger partial charge in [-0.15, -0.1) is 0 Å². The number of rotatable bonds is 9. The van der Waals surface area contributed by atoms with Crippen LogP contribution in [0.3, 0.4) is 0 Å². The molecule has 0 aliphatic rings. The zero-order chi connectivity index (χ0) is 14.3. The molecule has 7 heteroatoms. The van der Waals surface area contributed by atoms with E-state index in [9.17, 15) is 4.79 Å². The summed E-state index contributed by atoms with van der Waals surface area (Å²) in [4.78, 5) is 11.1. The minimum Gasteiger partial charge on any atom is -0.477 e. The van der Waals surface area contributed by atoms with E-state index >= 15 is 0 Å². The molecule has 108 valence electrons. The second-order valence-electron chi connectivity index (χ2n) is 4.00. The molecule has 1 aromatic rings. The molecular weight excluding hydrogens is 252 g/mol. The summed E-state index contributed by atoms with van der Waals surface area (Å²) >= 11 is 0. The molecule has 1 N–H and O–H groups in total. The number of ether oxygens (including phenoxy) is 3. The molecule has 0 amide bonds. The Morgan fingerprint density at radius 2 is 2.05 bits per heavy atom. The number of carboxylic acids is 1. The molecule has 0 fully saturated rings. The van der Waals surface area contributed by atoms with Crippen LogP contribution >= 0.6 is 0 Å². The van der Waals surface area contributed by atoms with E-state index in [1.54, 1.807) is 21.1 Å². The first-order chi connectivity index (χ1) is 9.07. The highest BCUT2D eigenvalue weighted by molar-refractivity contribution is 5.91. The fourth-order valence-electron chi connectivity index (χ4n) is 1.65. The Morgan fingerprint density at radius 1 is 1.32 bits per heavy atom. The van der Waals surface area contributed by atoms with Crippen molar-refractivity contribution in [2.45, 2.75) is 13.3 Å². The summed E-state index contributed by atoms with van der Waals surface area (Å²) in [5.74, 6) is -0.785. The van der Waals surface area contributed by atoms with Gasteiger partial charge >= 0.3 is 5.97 Å². The molecule has 0 aliphatic heterocycles. The fourth-order valence-corrected chi connectivity index (χ4v) is 1.65. The van der Waals surface area contributed by atoms with Gasteiger partial charge in [0.05, 0.1) is 12.3 Å². The highest BCUT2D eigenvalue weighted by Crippen LogP contribution is 2.20. The second kappa shape index (κ2) is 7.75. The quantitative estimate of drug-likeness (QED) is 0.671. The van der Waals surface area contributed by atoms with Crippen LogP contribution in [0.4, 0.5) is 0 Å². The molecule has 0 aromatic carbocycles. The monoisotopic (exact) mass is 272 g/mol. The number of nitrogens with zero attached hydrogens (tertiary/aromatic N) is 2. The van der Waals surface area contributed by atoms with Crippen LogP contribution in [-0.2, 0) is 16.5 Å². The number of methoxy groups -OCH3 is 1. The maximum atomic E-state index is 11.1. The Bertz CT molecular complexity index is 416. The summed E-state index contributed by atoms with van der Waals surface area (Å²) < 4.78 is 17.1. The number of carboxylic acid groups (broad SMARTS) is 1. The molecule has 0 atom stereocenters. The van der Waals surface area contributed by atoms with Crippen molar-refractivity contribution >= 4 is 5.97 Å². The van der Waals surface area contributed by atoms with Crippen molar-refractivity contribution in [1.82, 2.24) is 9.78 Å². The normalized spacial score (nSPS) is 10.7. The maximum Gasteiger partial charge on any atom is 0.343 e. The molecule has 1 heterocycles. The van der Waals surface area contributed by atoms with Crippen molar-refractivity contribution in [3.05, 3.63) is 11.3 Å². The predicted molar refractivity (Wildman–Crippen MR) is 67.7 cm³/mol. The van der Waals surface area contributed by atoms with Gasteiger partial charge in [0.2, 0.25) is 5.88 Å². The Labute approximate surface area is 112 Å². The summed E-state index contributed by atoms with van der Waals surface area (Å²) in [5.41, 5.74) is 0.535. The SMILES string of the molecule is COCCCOCCOc1c(C(=O)O)c(C)nn1C. The van der Waals surface area contributed by atoms with E-state index in [1.165, 1.54) is 4.68 Å². The molecule has 0 bridgehead atoms. The first kappa shape index (κ1) is 15.5. The van der Waals surface area contributed by atoms with Crippen molar-refractivity contribution in [3.8, 4) is 5.88 Å². The van der Waals surface area contributed by atoms with Gasteiger partial charge in [0.15, 0.2) is 0 Å². The summed E-state index contributed by atoms with van der Waals surface area (Å²) in [5, 5.41) is 13.1. The van der Waals surface area contributed by atoms with Gasteiger partial charge in [-0.2, -0.15) is 5.10 Å². The van der Waals surface area contributed by atoms with Gasteiger partial charge in [0.25, 0.3) is 0 Å². The third kappa shape index (κ3) is 4.53.